The molecule has 7 nitrogen and oxygen atoms in total. The summed E-state index contributed by atoms with van der Waals surface area (Å²) in [4.78, 5) is 23.9. The molecule has 0 aliphatic rings. The number of amides is 2. The molecular formula is C21H25N3O4. The van der Waals surface area contributed by atoms with E-state index in [0.717, 1.165) is 17.1 Å². The van der Waals surface area contributed by atoms with Crippen molar-refractivity contribution in [2.45, 2.75) is 26.7 Å². The molecule has 0 saturated heterocycles. The summed E-state index contributed by atoms with van der Waals surface area (Å²) in [5, 5.41) is 6.82. The van der Waals surface area contributed by atoms with Gasteiger partial charge in [0, 0.05) is 18.5 Å². The van der Waals surface area contributed by atoms with Gasteiger partial charge in [0.05, 0.1) is 19.4 Å². The Morgan fingerprint density at radius 3 is 2.14 bits per heavy atom. The maximum atomic E-state index is 12.0. The topological polar surface area (TPSA) is 89.0 Å². The molecule has 0 heterocycles. The first-order valence-electron chi connectivity index (χ1n) is 9.02. The summed E-state index contributed by atoms with van der Waals surface area (Å²) in [6.45, 7) is 4.28. The molecule has 7 heteroatoms. The molecule has 0 unspecified atom stereocenters. The van der Waals surface area contributed by atoms with Gasteiger partial charge in [-0.1, -0.05) is 0 Å². The third-order valence-electron chi connectivity index (χ3n) is 3.88. The zero-order valence-corrected chi connectivity index (χ0v) is 16.3. The number of anilines is 1. The third-order valence-corrected chi connectivity index (χ3v) is 3.88. The van der Waals surface area contributed by atoms with Crippen LogP contribution in [-0.2, 0) is 9.59 Å². The van der Waals surface area contributed by atoms with Gasteiger partial charge in [0.15, 0.2) is 0 Å². The lowest BCUT2D eigenvalue weighted by molar-refractivity contribution is -0.124. The van der Waals surface area contributed by atoms with Crippen molar-refractivity contribution in [3.05, 3.63) is 54.1 Å². The Morgan fingerprint density at radius 2 is 1.54 bits per heavy atom. The van der Waals surface area contributed by atoms with Crippen LogP contribution in [0.4, 0.5) is 5.69 Å². The van der Waals surface area contributed by atoms with Crippen LogP contribution in [0.5, 0.6) is 11.5 Å². The lowest BCUT2D eigenvalue weighted by Gasteiger charge is -2.07. The minimum absolute atomic E-state index is 0.0439. The molecule has 28 heavy (non-hydrogen) atoms. The summed E-state index contributed by atoms with van der Waals surface area (Å²) >= 11 is 0. The molecule has 0 radical (unpaired) electrons. The molecule has 2 rings (SSSR count). The number of hydrogen-bond acceptors (Lipinski definition) is 5. The van der Waals surface area contributed by atoms with E-state index >= 15 is 0 Å². The van der Waals surface area contributed by atoms with E-state index in [-0.39, 0.29) is 24.7 Å². The lowest BCUT2D eigenvalue weighted by atomic mass is 10.1. The normalized spacial score (nSPS) is 10.9. The summed E-state index contributed by atoms with van der Waals surface area (Å²) < 4.78 is 10.5. The van der Waals surface area contributed by atoms with E-state index < -0.39 is 0 Å². The fourth-order valence-corrected chi connectivity index (χ4v) is 2.35. The van der Waals surface area contributed by atoms with Gasteiger partial charge >= 0.3 is 0 Å². The Balaban J connectivity index is 1.76. The summed E-state index contributed by atoms with van der Waals surface area (Å²) in [6, 6.07) is 14.4. The summed E-state index contributed by atoms with van der Waals surface area (Å²) in [5.74, 6) is 0.925. The molecule has 2 amide bonds. The number of carbonyl (C=O) groups is 2. The van der Waals surface area contributed by atoms with Gasteiger partial charge in [-0.2, -0.15) is 5.10 Å². The predicted molar refractivity (Wildman–Crippen MR) is 109 cm³/mol. The average molecular weight is 383 g/mol. The number of carbonyl (C=O) groups excluding carboxylic acids is 2. The first kappa shape index (κ1) is 21.0. The van der Waals surface area contributed by atoms with Crippen LogP contribution in [0.1, 0.15) is 32.3 Å². The SMILES string of the molecule is CCOc1ccc(NC(=O)CCC(=O)N/N=C(\C)c2ccc(OC)cc2)cc1. The van der Waals surface area contributed by atoms with E-state index in [0.29, 0.717) is 18.0 Å². The van der Waals surface area contributed by atoms with Crippen LogP contribution in [-0.4, -0.2) is 31.2 Å². The van der Waals surface area contributed by atoms with Crippen LogP contribution in [0.25, 0.3) is 0 Å². The number of ether oxygens (including phenoxy) is 2. The molecule has 0 fully saturated rings. The quantitative estimate of drug-likeness (QED) is 0.513. The third kappa shape index (κ3) is 6.75. The highest BCUT2D eigenvalue weighted by Gasteiger charge is 2.07. The van der Waals surface area contributed by atoms with E-state index in [4.69, 9.17) is 9.47 Å². The first-order chi connectivity index (χ1) is 13.5. The summed E-state index contributed by atoms with van der Waals surface area (Å²) in [5.41, 5.74) is 4.66. The van der Waals surface area contributed by atoms with Crippen molar-refractivity contribution in [1.82, 2.24) is 5.43 Å². The van der Waals surface area contributed by atoms with Gasteiger partial charge < -0.3 is 14.8 Å². The molecule has 2 N–H and O–H groups in total. The van der Waals surface area contributed by atoms with Gasteiger partial charge in [0.2, 0.25) is 11.8 Å². The van der Waals surface area contributed by atoms with Gasteiger partial charge in [-0.15, -0.1) is 0 Å². The number of methoxy groups -OCH3 is 1. The minimum Gasteiger partial charge on any atom is -0.497 e. The second kappa shape index (κ2) is 10.7. The van der Waals surface area contributed by atoms with Crippen LogP contribution < -0.4 is 20.2 Å². The second-order valence-corrected chi connectivity index (χ2v) is 5.97. The fraction of sp³-hybridized carbons (Fsp3) is 0.286. The highest BCUT2D eigenvalue weighted by Crippen LogP contribution is 2.16. The number of benzene rings is 2. The molecule has 148 valence electrons. The predicted octanol–water partition coefficient (Wildman–Crippen LogP) is 3.35. The van der Waals surface area contributed by atoms with E-state index in [9.17, 15) is 9.59 Å². The van der Waals surface area contributed by atoms with Crippen molar-refractivity contribution >= 4 is 23.2 Å². The van der Waals surface area contributed by atoms with Crippen molar-refractivity contribution in [3.8, 4) is 11.5 Å². The number of hydrogen-bond donors (Lipinski definition) is 2. The molecule has 0 saturated carbocycles. The van der Waals surface area contributed by atoms with Crippen LogP contribution in [0, 0.1) is 0 Å². The second-order valence-electron chi connectivity index (χ2n) is 5.97. The van der Waals surface area contributed by atoms with Crippen LogP contribution in [0.3, 0.4) is 0 Å². The summed E-state index contributed by atoms with van der Waals surface area (Å²) in [7, 11) is 1.60. The van der Waals surface area contributed by atoms with Crippen molar-refractivity contribution in [2.24, 2.45) is 5.10 Å². The first-order valence-corrected chi connectivity index (χ1v) is 9.02. The molecule has 0 aliphatic carbocycles. The van der Waals surface area contributed by atoms with E-state index in [1.54, 1.807) is 38.3 Å². The molecule has 2 aromatic rings. The Morgan fingerprint density at radius 1 is 0.929 bits per heavy atom. The van der Waals surface area contributed by atoms with Crippen molar-refractivity contribution in [1.29, 1.82) is 0 Å². The number of hydrazone groups is 1. The Kier molecular flexibility index (Phi) is 8.02. The maximum absolute atomic E-state index is 12.0. The Labute approximate surface area is 164 Å². The summed E-state index contributed by atoms with van der Waals surface area (Å²) in [6.07, 6.45) is 0.110. The largest absolute Gasteiger partial charge is 0.497 e. The average Bonchev–Trinajstić information content (AvgIpc) is 2.72. The van der Waals surface area contributed by atoms with E-state index in [1.165, 1.54) is 0 Å². The Bertz CT molecular complexity index is 815. The van der Waals surface area contributed by atoms with Crippen molar-refractivity contribution in [2.75, 3.05) is 19.0 Å². The molecule has 0 bridgehead atoms. The highest BCUT2D eigenvalue weighted by atomic mass is 16.5. The van der Waals surface area contributed by atoms with Gasteiger partial charge in [-0.3, -0.25) is 9.59 Å². The van der Waals surface area contributed by atoms with Gasteiger partial charge in [0.1, 0.15) is 11.5 Å². The van der Waals surface area contributed by atoms with Gasteiger partial charge in [0.25, 0.3) is 0 Å². The Hall–Kier alpha value is -3.35. The molecule has 0 aromatic heterocycles. The van der Waals surface area contributed by atoms with Crippen LogP contribution in [0.2, 0.25) is 0 Å². The molecule has 2 aromatic carbocycles. The fourth-order valence-electron chi connectivity index (χ4n) is 2.35. The van der Waals surface area contributed by atoms with Gasteiger partial charge in [-0.25, -0.2) is 5.43 Å². The van der Waals surface area contributed by atoms with E-state index in [1.807, 2.05) is 31.2 Å². The van der Waals surface area contributed by atoms with Gasteiger partial charge in [-0.05, 0) is 67.9 Å². The molecular weight excluding hydrogens is 358 g/mol. The number of rotatable bonds is 9. The molecule has 0 spiro atoms. The number of nitrogens with one attached hydrogen (secondary N) is 2. The molecule has 0 aliphatic heterocycles. The molecule has 0 atom stereocenters. The zero-order chi connectivity index (χ0) is 20.4. The number of nitrogens with zero attached hydrogens (tertiary/aromatic N) is 1. The van der Waals surface area contributed by atoms with Crippen molar-refractivity contribution in [3.63, 3.8) is 0 Å². The smallest absolute Gasteiger partial charge is 0.240 e. The van der Waals surface area contributed by atoms with Crippen LogP contribution >= 0.6 is 0 Å². The van der Waals surface area contributed by atoms with Crippen LogP contribution in [0.15, 0.2) is 53.6 Å². The highest BCUT2D eigenvalue weighted by molar-refractivity contribution is 5.99. The van der Waals surface area contributed by atoms with Crippen molar-refractivity contribution < 1.29 is 19.1 Å². The monoisotopic (exact) mass is 383 g/mol. The standard InChI is InChI=1S/C21H25N3O4/c1-4-28-19-11-7-17(8-12-19)22-20(25)13-14-21(26)24-23-15(2)16-5-9-18(27-3)10-6-16/h5-12H,4,13-14H2,1-3H3,(H,22,25)(H,24,26)/b23-15+. The zero-order valence-electron chi connectivity index (χ0n) is 16.3. The minimum atomic E-state index is -0.324. The lowest BCUT2D eigenvalue weighted by Crippen LogP contribution is -2.21. The van der Waals surface area contributed by atoms with E-state index in [2.05, 4.69) is 15.8 Å². The maximum Gasteiger partial charge on any atom is 0.240 e.